The minimum Gasteiger partial charge on any atom is -0.504 e. The summed E-state index contributed by atoms with van der Waals surface area (Å²) < 4.78 is 9.99. The van der Waals surface area contributed by atoms with Gasteiger partial charge in [-0.2, -0.15) is 0 Å². The number of carbonyl (C=O) groups excluding carboxylic acids is 1. The summed E-state index contributed by atoms with van der Waals surface area (Å²) in [5.74, 6) is 0.138. The van der Waals surface area contributed by atoms with Crippen LogP contribution in [0.15, 0.2) is 18.2 Å². The molecule has 0 saturated carbocycles. The number of hydrogen-bond acceptors (Lipinski definition) is 4. The van der Waals surface area contributed by atoms with E-state index in [1.165, 1.54) is 19.2 Å². The van der Waals surface area contributed by atoms with Gasteiger partial charge in [-0.1, -0.05) is 0 Å². The second-order valence-electron chi connectivity index (χ2n) is 4.47. The molecule has 0 aliphatic heterocycles. The number of phenols is 1. The minimum absolute atomic E-state index is 0.114. The fraction of sp³-hybridized carbons (Fsp3) is 0.417. The van der Waals surface area contributed by atoms with Gasteiger partial charge in [-0.05, 0) is 32.9 Å². The van der Waals surface area contributed by atoms with E-state index in [0.29, 0.717) is 5.75 Å². The number of rotatable bonds is 2. The van der Waals surface area contributed by atoms with E-state index >= 15 is 0 Å². The molecule has 0 fully saturated rings. The van der Waals surface area contributed by atoms with Crippen molar-refractivity contribution in [1.29, 1.82) is 0 Å². The van der Waals surface area contributed by atoms with Gasteiger partial charge in [0.2, 0.25) is 0 Å². The number of phenolic OH excluding ortho intramolecular Hbond substituents is 1. The summed E-state index contributed by atoms with van der Waals surface area (Å²) in [5.41, 5.74) is -0.605. The molecule has 0 aliphatic carbocycles. The van der Waals surface area contributed by atoms with E-state index in [0.717, 1.165) is 0 Å². The standard InChI is InChI=1S/C12H16O4/c1-12(2,3)11(14)16-10-6-5-8(15-4)7-9(10)13/h5-7,13H,1-4H3. The molecule has 0 bridgehead atoms. The highest BCUT2D eigenvalue weighted by atomic mass is 16.5. The van der Waals surface area contributed by atoms with Crippen LogP contribution >= 0.6 is 0 Å². The lowest BCUT2D eigenvalue weighted by Gasteiger charge is -2.16. The summed E-state index contributed by atoms with van der Waals surface area (Å²) in [7, 11) is 1.50. The Morgan fingerprint density at radius 2 is 1.94 bits per heavy atom. The first kappa shape index (κ1) is 12.4. The molecule has 0 unspecified atom stereocenters. The van der Waals surface area contributed by atoms with Crippen molar-refractivity contribution in [3.63, 3.8) is 0 Å². The maximum atomic E-state index is 11.6. The molecule has 88 valence electrons. The molecule has 1 aromatic carbocycles. The first-order valence-corrected chi connectivity index (χ1v) is 4.94. The molecule has 0 radical (unpaired) electrons. The van der Waals surface area contributed by atoms with Crippen LogP contribution < -0.4 is 9.47 Å². The van der Waals surface area contributed by atoms with Crippen LogP contribution in [-0.2, 0) is 4.79 Å². The maximum absolute atomic E-state index is 11.6. The summed E-state index contributed by atoms with van der Waals surface area (Å²) in [6.07, 6.45) is 0. The topological polar surface area (TPSA) is 55.8 Å². The van der Waals surface area contributed by atoms with Gasteiger partial charge in [-0.25, -0.2) is 0 Å². The molecule has 1 N–H and O–H groups in total. The van der Waals surface area contributed by atoms with Crippen LogP contribution in [0.25, 0.3) is 0 Å². The number of benzene rings is 1. The van der Waals surface area contributed by atoms with Crippen LogP contribution in [-0.4, -0.2) is 18.2 Å². The smallest absolute Gasteiger partial charge is 0.316 e. The lowest BCUT2D eigenvalue weighted by molar-refractivity contribution is -0.143. The lowest BCUT2D eigenvalue weighted by Crippen LogP contribution is -2.25. The zero-order valence-electron chi connectivity index (χ0n) is 9.90. The van der Waals surface area contributed by atoms with Gasteiger partial charge in [-0.15, -0.1) is 0 Å². The van der Waals surface area contributed by atoms with Gasteiger partial charge in [0.15, 0.2) is 11.5 Å². The monoisotopic (exact) mass is 224 g/mol. The van der Waals surface area contributed by atoms with E-state index in [-0.39, 0.29) is 11.5 Å². The van der Waals surface area contributed by atoms with E-state index in [9.17, 15) is 9.90 Å². The first-order chi connectivity index (χ1) is 7.34. The van der Waals surface area contributed by atoms with Crippen molar-refractivity contribution in [1.82, 2.24) is 0 Å². The molecular weight excluding hydrogens is 208 g/mol. The number of ether oxygens (including phenoxy) is 2. The van der Waals surface area contributed by atoms with Crippen LogP contribution in [0.1, 0.15) is 20.8 Å². The van der Waals surface area contributed by atoms with E-state index < -0.39 is 11.4 Å². The van der Waals surface area contributed by atoms with Gasteiger partial charge < -0.3 is 14.6 Å². The average molecular weight is 224 g/mol. The van der Waals surface area contributed by atoms with Crippen molar-refractivity contribution < 1.29 is 19.4 Å². The predicted octanol–water partition coefficient (Wildman–Crippen LogP) is 2.35. The van der Waals surface area contributed by atoms with Crippen molar-refractivity contribution in [2.24, 2.45) is 5.41 Å². The SMILES string of the molecule is COc1ccc(OC(=O)C(C)(C)C)c(O)c1. The Balaban J connectivity index is 2.87. The molecule has 1 rings (SSSR count). The van der Waals surface area contributed by atoms with E-state index in [1.54, 1.807) is 26.8 Å². The van der Waals surface area contributed by atoms with Crippen molar-refractivity contribution in [2.75, 3.05) is 7.11 Å². The van der Waals surface area contributed by atoms with Crippen LogP contribution in [0.5, 0.6) is 17.2 Å². The van der Waals surface area contributed by atoms with Gasteiger partial charge in [0.1, 0.15) is 5.75 Å². The molecule has 0 heterocycles. The lowest BCUT2D eigenvalue weighted by atomic mass is 9.97. The van der Waals surface area contributed by atoms with E-state index in [2.05, 4.69) is 0 Å². The van der Waals surface area contributed by atoms with Crippen LogP contribution in [0.3, 0.4) is 0 Å². The second kappa shape index (κ2) is 4.43. The Hall–Kier alpha value is -1.71. The molecule has 0 amide bonds. The third kappa shape index (κ3) is 2.89. The molecule has 4 heteroatoms. The minimum atomic E-state index is -0.605. The molecule has 0 saturated heterocycles. The Bertz CT molecular complexity index is 390. The predicted molar refractivity (Wildman–Crippen MR) is 59.7 cm³/mol. The van der Waals surface area contributed by atoms with Gasteiger partial charge in [0, 0.05) is 6.07 Å². The Morgan fingerprint density at radius 3 is 2.38 bits per heavy atom. The number of hydrogen-bond donors (Lipinski definition) is 1. The van der Waals surface area contributed by atoms with Crippen molar-refractivity contribution in [3.8, 4) is 17.2 Å². The van der Waals surface area contributed by atoms with Crippen LogP contribution in [0.4, 0.5) is 0 Å². The number of esters is 1. The summed E-state index contributed by atoms with van der Waals surface area (Å²) >= 11 is 0. The largest absolute Gasteiger partial charge is 0.504 e. The summed E-state index contributed by atoms with van der Waals surface area (Å²) in [4.78, 5) is 11.6. The second-order valence-corrected chi connectivity index (χ2v) is 4.47. The third-order valence-corrected chi connectivity index (χ3v) is 1.98. The summed E-state index contributed by atoms with van der Waals surface area (Å²) in [6.45, 7) is 5.24. The van der Waals surface area contributed by atoms with Crippen molar-refractivity contribution in [3.05, 3.63) is 18.2 Å². The zero-order chi connectivity index (χ0) is 12.3. The Morgan fingerprint density at radius 1 is 1.31 bits per heavy atom. The molecule has 0 atom stereocenters. The first-order valence-electron chi connectivity index (χ1n) is 4.94. The molecule has 0 aliphatic rings. The van der Waals surface area contributed by atoms with Crippen molar-refractivity contribution in [2.45, 2.75) is 20.8 Å². The fourth-order valence-corrected chi connectivity index (χ4v) is 0.963. The van der Waals surface area contributed by atoms with Gasteiger partial charge in [0.25, 0.3) is 0 Å². The molecule has 1 aromatic rings. The fourth-order valence-electron chi connectivity index (χ4n) is 0.963. The Kier molecular flexibility index (Phi) is 3.42. The van der Waals surface area contributed by atoms with E-state index in [4.69, 9.17) is 9.47 Å². The summed E-state index contributed by atoms with van der Waals surface area (Å²) in [5, 5.41) is 9.58. The molecular formula is C12H16O4. The Labute approximate surface area is 94.8 Å². The number of carbonyl (C=O) groups is 1. The quantitative estimate of drug-likeness (QED) is 0.619. The van der Waals surface area contributed by atoms with Crippen LogP contribution in [0.2, 0.25) is 0 Å². The molecule has 0 aromatic heterocycles. The van der Waals surface area contributed by atoms with Crippen molar-refractivity contribution >= 4 is 5.97 Å². The molecule has 4 nitrogen and oxygen atoms in total. The molecule has 0 spiro atoms. The maximum Gasteiger partial charge on any atom is 0.316 e. The highest BCUT2D eigenvalue weighted by molar-refractivity contribution is 5.78. The molecule has 16 heavy (non-hydrogen) atoms. The highest BCUT2D eigenvalue weighted by Gasteiger charge is 2.24. The van der Waals surface area contributed by atoms with E-state index in [1.807, 2.05) is 0 Å². The van der Waals surface area contributed by atoms with Gasteiger partial charge in [0.05, 0.1) is 12.5 Å². The van der Waals surface area contributed by atoms with Gasteiger partial charge >= 0.3 is 5.97 Å². The normalized spacial score (nSPS) is 11.0. The van der Waals surface area contributed by atoms with Gasteiger partial charge in [-0.3, -0.25) is 4.79 Å². The highest BCUT2D eigenvalue weighted by Crippen LogP contribution is 2.31. The number of methoxy groups -OCH3 is 1. The average Bonchev–Trinajstić information content (AvgIpc) is 2.19. The zero-order valence-corrected chi connectivity index (χ0v) is 9.90. The van der Waals surface area contributed by atoms with Crippen LogP contribution in [0, 0.1) is 5.41 Å². The third-order valence-electron chi connectivity index (χ3n) is 1.98. The number of aromatic hydroxyl groups is 1. The summed E-state index contributed by atoms with van der Waals surface area (Å²) in [6, 6.07) is 4.51.